The van der Waals surface area contributed by atoms with Gasteiger partial charge >= 0.3 is 5.97 Å². The van der Waals surface area contributed by atoms with Crippen LogP contribution in [0.1, 0.15) is 167 Å². The van der Waals surface area contributed by atoms with Gasteiger partial charge in [0, 0.05) is 102 Å². The molecule has 4 heterocycles. The average Bonchev–Trinajstić information content (AvgIpc) is 1.71. The number of nitrogens with zero attached hydrogens (tertiary/aromatic N) is 1. The van der Waals surface area contributed by atoms with Crippen LogP contribution in [0.3, 0.4) is 0 Å². The Morgan fingerprint density at radius 1 is 0.378 bits per heavy atom. The second-order valence-corrected chi connectivity index (χ2v) is 34.9. The smallest absolute Gasteiger partial charge is 0.326 e. The number of fused-ring (bicyclic) bond motifs is 3. The molecule has 0 saturated carbocycles. The van der Waals surface area contributed by atoms with E-state index in [0.717, 1.165) is 16.5 Å². The first-order chi connectivity index (χ1) is 64.4. The number of aromatic amines is 4. The lowest BCUT2D eigenvalue weighted by Gasteiger charge is -2.30. The predicted molar refractivity (Wildman–Crippen MR) is 510 cm³/mol. The fourth-order valence-electron chi connectivity index (χ4n) is 15.5. The number of aliphatic carboxylic acids is 1. The number of carbonyl (C=O) groups excluding carboxylic acids is 12. The van der Waals surface area contributed by atoms with Crippen molar-refractivity contribution in [3.05, 3.63) is 126 Å². The van der Waals surface area contributed by atoms with Crippen molar-refractivity contribution < 1.29 is 72.5 Å². The summed E-state index contributed by atoms with van der Waals surface area (Å²) in [6, 6.07) is 2.84. The van der Waals surface area contributed by atoms with E-state index in [1.165, 1.54) is 19.4 Å². The van der Waals surface area contributed by atoms with Crippen LogP contribution in [0.5, 0.6) is 0 Å². The van der Waals surface area contributed by atoms with Gasteiger partial charge < -0.3 is 144 Å². The van der Waals surface area contributed by atoms with Gasteiger partial charge in [-0.1, -0.05) is 103 Å². The highest BCUT2D eigenvalue weighted by Crippen LogP contribution is 2.25. The van der Waals surface area contributed by atoms with E-state index in [1.54, 1.807) is 103 Å². The number of carbonyl (C=O) groups is 13. The minimum absolute atomic E-state index is 0.000216. The van der Waals surface area contributed by atoms with Crippen LogP contribution in [0, 0.1) is 34.0 Å². The number of nitrogens with two attached hydrogens (primary N) is 6. The summed E-state index contributed by atoms with van der Waals surface area (Å²) < 4.78 is 0. The largest absolute Gasteiger partial charge is 0.480 e. The highest BCUT2D eigenvalue weighted by molar-refractivity contribution is 6.01. The van der Waals surface area contributed by atoms with Crippen LogP contribution in [-0.4, -0.2) is 247 Å². The number of aromatic nitrogens is 5. The first-order valence-corrected chi connectivity index (χ1v) is 46.0. The lowest BCUT2D eigenvalue weighted by Crippen LogP contribution is -2.62. The zero-order chi connectivity index (χ0) is 99.0. The number of hydrogen-bond acceptors (Lipinski definition) is 21. The monoisotopic (exact) mass is 1880 g/mol. The molecule has 0 aliphatic rings. The molecule has 0 aliphatic heterocycles. The average molecular weight is 1880 g/mol. The van der Waals surface area contributed by atoms with E-state index in [9.17, 15) is 43.8 Å². The number of amides is 12. The van der Waals surface area contributed by atoms with E-state index in [0.29, 0.717) is 57.9 Å². The number of carboxylic acid groups (broad SMARTS) is 1. The Kier molecular flexibility index (Phi) is 44.2. The van der Waals surface area contributed by atoms with Gasteiger partial charge in [-0.15, -0.1) is 0 Å². The minimum atomic E-state index is -1.86. The molecule has 36 N–H and O–H groups in total. The second-order valence-electron chi connectivity index (χ2n) is 34.9. The lowest BCUT2D eigenvalue weighted by atomic mass is 9.96. The van der Waals surface area contributed by atoms with Gasteiger partial charge in [0.1, 0.15) is 72.5 Å². The van der Waals surface area contributed by atoms with Crippen molar-refractivity contribution in [2.75, 3.05) is 32.7 Å². The van der Waals surface area contributed by atoms with Crippen molar-refractivity contribution in [2.24, 2.45) is 52.2 Å². The zero-order valence-corrected chi connectivity index (χ0v) is 77.7. The number of guanidine groups is 3. The normalized spacial score (nSPS) is 14.7. The fraction of sp³-hybridized carbons (Fsp3) is 0.527. The van der Waals surface area contributed by atoms with E-state index >= 15 is 28.8 Å². The van der Waals surface area contributed by atoms with E-state index in [-0.39, 0.29) is 153 Å². The third kappa shape index (κ3) is 35.3. The molecule has 0 radical (unpaired) electrons. The summed E-state index contributed by atoms with van der Waals surface area (Å²) in [6.07, 6.45) is 7.11. The minimum Gasteiger partial charge on any atom is -0.480 e. The van der Waals surface area contributed by atoms with Crippen molar-refractivity contribution in [3.8, 4) is 0 Å². The van der Waals surface area contributed by atoms with Crippen molar-refractivity contribution in [3.63, 3.8) is 0 Å². The van der Waals surface area contributed by atoms with Crippen LogP contribution in [0.2, 0.25) is 0 Å². The molecule has 7 rings (SSSR count). The van der Waals surface area contributed by atoms with Gasteiger partial charge in [-0.25, -0.2) is 9.78 Å². The molecule has 0 unspecified atom stereocenters. The zero-order valence-electron chi connectivity index (χ0n) is 77.7. The summed E-state index contributed by atoms with van der Waals surface area (Å²) in [7, 11) is 0. The van der Waals surface area contributed by atoms with Crippen LogP contribution >= 0.6 is 0 Å². The highest BCUT2D eigenvalue weighted by Gasteiger charge is 2.40. The Bertz CT molecular complexity index is 5110. The number of para-hydroxylation sites is 3. The molecule has 0 aliphatic carbocycles. The molecule has 3 aromatic carbocycles. The molecular weight excluding hydrogens is 1740 g/mol. The Morgan fingerprint density at radius 2 is 0.689 bits per heavy atom. The van der Waals surface area contributed by atoms with Crippen molar-refractivity contribution >= 4 is 127 Å². The van der Waals surface area contributed by atoms with Gasteiger partial charge in [-0.3, -0.25) is 73.8 Å². The maximum atomic E-state index is 15.4. The highest BCUT2D eigenvalue weighted by atomic mass is 16.4. The Hall–Kier alpha value is -13.7. The van der Waals surface area contributed by atoms with E-state index < -0.39 is 179 Å². The molecule has 15 atom stereocenters. The van der Waals surface area contributed by atoms with Gasteiger partial charge in [0.25, 0.3) is 0 Å². The number of benzene rings is 3. The van der Waals surface area contributed by atoms with Crippen LogP contribution in [-0.2, 0) is 88.0 Å². The fourth-order valence-corrected chi connectivity index (χ4v) is 15.5. The predicted octanol–water partition coefficient (Wildman–Crippen LogP) is -1.08. The number of nitrogens with one attached hydrogen (secondary N) is 22. The summed E-state index contributed by atoms with van der Waals surface area (Å²) in [5, 5.41) is 87.7. The maximum Gasteiger partial charge on any atom is 0.326 e. The van der Waals surface area contributed by atoms with Crippen LogP contribution in [0.4, 0.5) is 0 Å². The van der Waals surface area contributed by atoms with Crippen molar-refractivity contribution in [1.29, 1.82) is 16.2 Å². The summed E-state index contributed by atoms with van der Waals surface area (Å²) in [6.45, 7) is 12.3. The Balaban J connectivity index is 1.14. The Morgan fingerprint density at radius 3 is 1.07 bits per heavy atom. The molecule has 44 nitrogen and oxygen atoms in total. The molecule has 135 heavy (non-hydrogen) atoms. The first-order valence-electron chi connectivity index (χ1n) is 46.0. The number of H-pyrrole nitrogens is 4. The quantitative estimate of drug-likeness (QED) is 0.0122. The standard InChI is InChI=1S/C91H139N29O15/c1-8-51(6)74(86(132)112-66(30-19-35-102-89(95)96)78(124)109-64(28-15-17-33-92)77(123)110-65(29-16-18-34-93)79(125)115-70(39-50(4)5)82(128)113-68(88(134)135)32-21-37-104-91(99)100)119-80(126)67(31-20-36-103-90(97)98)111-81(127)69(38-49(2)3)116-83(129)71(41-54-45-106-62-26-13-10-23-58(54)62)118-87(133)75(52(7)121)120-85(131)72(42-55-46-107-63-27-14-11-24-59(55)63)117-84(130)73(43-56-47-101-48-108-56)114-76(122)60(94)40-53-44-105-61-25-12-9-22-57(53)61/h9-14,22-27,44-52,60,64-75,105-107,121H,8,15-21,28-43,92-94H2,1-7H3,(H,101,108)(H,109,124)(H,110,123)(H,111,127)(H,112,132)(H,113,128)(H,114,122)(H,115,125)(H,116,129)(H,117,130)(H,118,133)(H,119,126)(H,120,131)(H,134,135)(H4,95,96,102)(H4,97,98,103)(H4,99,100,104)/t51-,52+,60-,64-,65-,66-,67-,68-,69-,70-,71-,72-,73-,74-,75-/m0/s1. The summed E-state index contributed by atoms with van der Waals surface area (Å²) in [4.78, 5) is 208. The molecule has 4 aromatic heterocycles. The SMILES string of the molecule is CC[C@H](C)[C@H](NC(=O)[C@H](CCCNC(=N)N)NC(=O)[C@H](CC(C)C)NC(=O)[C@H](Cc1c[nH]c2ccccc12)NC(=O)[C@@H](NC(=O)[C@H](Cc1c[nH]c2ccccc12)NC(=O)[C@H](Cc1cnc[nH]1)NC(=O)[C@@H](N)Cc1c[nH]c2ccccc12)[C@@H](C)O)C(=O)N[C@@H](CCCNC(=N)N)C(=O)N[C@@H](CCCCN)C(=O)N[C@@H](CCCCN)C(=O)N[C@@H](CC(C)C)C(=O)N[C@@H](CCCNC(=N)N)C(=O)O. The van der Waals surface area contributed by atoms with Crippen LogP contribution in [0.25, 0.3) is 32.7 Å². The summed E-state index contributed by atoms with van der Waals surface area (Å²) in [5.74, 6) is -14.4. The summed E-state index contributed by atoms with van der Waals surface area (Å²) >= 11 is 0. The van der Waals surface area contributed by atoms with Crippen LogP contribution in [0.15, 0.2) is 104 Å². The second kappa shape index (κ2) is 55.0. The molecule has 12 amide bonds. The van der Waals surface area contributed by atoms with Gasteiger partial charge in [0.05, 0.1) is 18.5 Å². The third-order valence-electron chi connectivity index (χ3n) is 23.1. The topological polar surface area (TPSA) is 747 Å². The number of unbranched alkanes of at least 4 members (excludes halogenated alkanes) is 2. The molecular formula is C91H139N29O15. The van der Waals surface area contributed by atoms with Gasteiger partial charge in [0.15, 0.2) is 17.9 Å². The third-order valence-corrected chi connectivity index (χ3v) is 23.1. The van der Waals surface area contributed by atoms with Gasteiger partial charge in [-0.05, 0) is 169 Å². The molecule has 738 valence electrons. The van der Waals surface area contributed by atoms with Gasteiger partial charge in [0.2, 0.25) is 70.9 Å². The van der Waals surface area contributed by atoms with E-state index in [4.69, 9.17) is 50.6 Å². The Labute approximate surface area is 783 Å². The lowest BCUT2D eigenvalue weighted by molar-refractivity contribution is -0.142. The molecule has 44 heteroatoms. The number of imidazole rings is 1. The van der Waals surface area contributed by atoms with E-state index in [1.807, 2.05) is 30.3 Å². The van der Waals surface area contributed by atoms with Crippen molar-refractivity contribution in [1.82, 2.24) is 105 Å². The molecule has 0 bridgehead atoms. The number of aliphatic hydroxyl groups is 1. The molecule has 7 aromatic rings. The summed E-state index contributed by atoms with van der Waals surface area (Å²) in [5.41, 5.74) is 39.4. The van der Waals surface area contributed by atoms with Gasteiger partial charge in [-0.2, -0.15) is 0 Å². The molecule has 0 fully saturated rings. The van der Waals surface area contributed by atoms with Crippen molar-refractivity contribution in [2.45, 2.75) is 255 Å². The number of carboxylic acids is 1. The van der Waals surface area contributed by atoms with Crippen LogP contribution < -0.4 is 114 Å². The number of hydrogen-bond donors (Lipinski definition) is 30. The van der Waals surface area contributed by atoms with E-state index in [2.05, 4.69) is 105 Å². The molecule has 0 saturated heterocycles. The number of aliphatic hydroxyl groups excluding tert-OH is 1. The first kappa shape index (κ1) is 108. The number of rotatable bonds is 60. The maximum absolute atomic E-state index is 15.4. The molecule has 0 spiro atoms.